The van der Waals surface area contributed by atoms with Crippen molar-refractivity contribution in [3.05, 3.63) is 34.3 Å². The number of aryl methyl sites for hydroxylation is 1. The lowest BCUT2D eigenvalue weighted by atomic mass is 10.0. The molecule has 2 N–H and O–H groups in total. The van der Waals surface area contributed by atoms with Gasteiger partial charge in [-0.1, -0.05) is 29.3 Å². The fraction of sp³-hybridized carbons (Fsp3) is 0.300. The van der Waals surface area contributed by atoms with Crippen LogP contribution in [0.4, 0.5) is 0 Å². The Balaban J connectivity index is 3.00. The summed E-state index contributed by atoms with van der Waals surface area (Å²) in [6.07, 6.45) is 0.295. The first-order valence-corrected chi connectivity index (χ1v) is 4.41. The number of halogens is 1. The van der Waals surface area contributed by atoms with E-state index in [0.717, 1.165) is 11.1 Å². The fourth-order valence-corrected chi connectivity index (χ4v) is 1.41. The van der Waals surface area contributed by atoms with Crippen LogP contribution in [0, 0.1) is 18.3 Å². The van der Waals surface area contributed by atoms with Crippen molar-refractivity contribution in [2.45, 2.75) is 19.4 Å². The summed E-state index contributed by atoms with van der Waals surface area (Å²) < 4.78 is 0. The second-order valence-corrected chi connectivity index (χ2v) is 3.40. The van der Waals surface area contributed by atoms with Gasteiger partial charge >= 0.3 is 0 Å². The molecule has 0 aliphatic carbocycles. The molecule has 1 atom stereocenters. The summed E-state index contributed by atoms with van der Waals surface area (Å²) in [6, 6.07) is 7.40. The summed E-state index contributed by atoms with van der Waals surface area (Å²) in [5.74, 6) is 0. The lowest BCUT2D eigenvalue weighted by Crippen LogP contribution is -2.09. The van der Waals surface area contributed by atoms with E-state index in [4.69, 9.17) is 22.6 Å². The number of benzene rings is 1. The highest BCUT2D eigenvalue weighted by atomic mass is 35.5. The number of hydrogen-bond donors (Lipinski definition) is 1. The standard InChI is InChI=1S/C10H11ClN2/c1-7-2-3-9(11)8(6-7)10(13)4-5-12/h2-3,6,10H,4,13H2,1H3/t10-/m0/s1. The number of hydrogen-bond acceptors (Lipinski definition) is 2. The summed E-state index contributed by atoms with van der Waals surface area (Å²) in [6.45, 7) is 1.97. The van der Waals surface area contributed by atoms with Crippen LogP contribution in [0.5, 0.6) is 0 Å². The predicted octanol–water partition coefficient (Wildman–Crippen LogP) is 2.56. The Hall–Kier alpha value is -1.04. The SMILES string of the molecule is Cc1ccc(Cl)c([C@@H](N)CC#N)c1. The van der Waals surface area contributed by atoms with Crippen molar-refractivity contribution in [2.75, 3.05) is 0 Å². The van der Waals surface area contributed by atoms with E-state index in [0.29, 0.717) is 11.4 Å². The van der Waals surface area contributed by atoms with E-state index >= 15 is 0 Å². The van der Waals surface area contributed by atoms with Crippen LogP contribution in [0.25, 0.3) is 0 Å². The van der Waals surface area contributed by atoms with Crippen LogP contribution in [-0.4, -0.2) is 0 Å². The Kier molecular flexibility index (Phi) is 3.30. The molecule has 1 aromatic carbocycles. The number of nitriles is 1. The lowest BCUT2D eigenvalue weighted by molar-refractivity contribution is 0.748. The van der Waals surface area contributed by atoms with Gasteiger partial charge in [0.25, 0.3) is 0 Å². The van der Waals surface area contributed by atoms with Gasteiger partial charge < -0.3 is 5.73 Å². The van der Waals surface area contributed by atoms with E-state index in [-0.39, 0.29) is 6.04 Å². The van der Waals surface area contributed by atoms with Gasteiger partial charge in [-0.15, -0.1) is 0 Å². The maximum absolute atomic E-state index is 8.49. The van der Waals surface area contributed by atoms with Crippen molar-refractivity contribution >= 4 is 11.6 Å². The molecule has 0 unspecified atom stereocenters. The molecule has 0 aliphatic heterocycles. The molecule has 0 radical (unpaired) electrons. The van der Waals surface area contributed by atoms with E-state index in [9.17, 15) is 0 Å². The van der Waals surface area contributed by atoms with Crippen LogP contribution in [0.15, 0.2) is 18.2 Å². The molecule has 13 heavy (non-hydrogen) atoms. The predicted molar refractivity (Wildman–Crippen MR) is 53.3 cm³/mol. The van der Waals surface area contributed by atoms with E-state index in [1.165, 1.54) is 0 Å². The van der Waals surface area contributed by atoms with Crippen LogP contribution in [0.2, 0.25) is 5.02 Å². The second-order valence-electron chi connectivity index (χ2n) is 2.99. The van der Waals surface area contributed by atoms with Crippen molar-refractivity contribution in [3.63, 3.8) is 0 Å². The largest absolute Gasteiger partial charge is 0.323 e. The highest BCUT2D eigenvalue weighted by Gasteiger charge is 2.09. The zero-order valence-corrected chi connectivity index (χ0v) is 8.17. The van der Waals surface area contributed by atoms with E-state index in [1.807, 2.05) is 31.2 Å². The number of rotatable bonds is 2. The van der Waals surface area contributed by atoms with Crippen molar-refractivity contribution in [1.82, 2.24) is 0 Å². The summed E-state index contributed by atoms with van der Waals surface area (Å²) in [5, 5.41) is 9.12. The molecule has 0 saturated carbocycles. The Labute approximate surface area is 82.9 Å². The third-order valence-electron chi connectivity index (χ3n) is 1.86. The molecule has 0 aliphatic rings. The topological polar surface area (TPSA) is 49.8 Å². The Morgan fingerprint density at radius 3 is 2.92 bits per heavy atom. The molecule has 2 nitrogen and oxygen atoms in total. The zero-order chi connectivity index (χ0) is 9.84. The van der Waals surface area contributed by atoms with Gasteiger partial charge in [0.1, 0.15) is 0 Å². The highest BCUT2D eigenvalue weighted by molar-refractivity contribution is 6.31. The van der Waals surface area contributed by atoms with Crippen molar-refractivity contribution < 1.29 is 0 Å². The van der Waals surface area contributed by atoms with Crippen LogP contribution < -0.4 is 5.73 Å². The average molecular weight is 195 g/mol. The quantitative estimate of drug-likeness (QED) is 0.787. The van der Waals surface area contributed by atoms with Gasteiger partial charge in [0.05, 0.1) is 12.5 Å². The molecule has 0 fully saturated rings. The lowest BCUT2D eigenvalue weighted by Gasteiger charge is -2.10. The zero-order valence-electron chi connectivity index (χ0n) is 7.42. The molecular weight excluding hydrogens is 184 g/mol. The van der Waals surface area contributed by atoms with Crippen LogP contribution in [0.3, 0.4) is 0 Å². The van der Waals surface area contributed by atoms with Crippen LogP contribution >= 0.6 is 11.6 Å². The summed E-state index contributed by atoms with van der Waals surface area (Å²) in [5.41, 5.74) is 7.72. The molecular formula is C10H11ClN2. The van der Waals surface area contributed by atoms with Gasteiger partial charge in [-0.3, -0.25) is 0 Å². The minimum atomic E-state index is -0.280. The van der Waals surface area contributed by atoms with Gasteiger partial charge in [-0.25, -0.2) is 0 Å². The summed E-state index contributed by atoms with van der Waals surface area (Å²) >= 11 is 5.94. The summed E-state index contributed by atoms with van der Waals surface area (Å²) in [7, 11) is 0. The summed E-state index contributed by atoms with van der Waals surface area (Å²) in [4.78, 5) is 0. The molecule has 1 rings (SSSR count). The van der Waals surface area contributed by atoms with E-state index in [2.05, 4.69) is 0 Å². The van der Waals surface area contributed by atoms with Crippen molar-refractivity contribution in [1.29, 1.82) is 5.26 Å². The molecule has 0 heterocycles. The molecule has 68 valence electrons. The van der Waals surface area contributed by atoms with Gasteiger partial charge in [-0.2, -0.15) is 5.26 Å². The number of nitrogens with two attached hydrogens (primary N) is 1. The first kappa shape index (κ1) is 10.0. The van der Waals surface area contributed by atoms with Gasteiger partial charge in [-0.05, 0) is 18.6 Å². The van der Waals surface area contributed by atoms with Gasteiger partial charge in [0.2, 0.25) is 0 Å². The van der Waals surface area contributed by atoms with Crippen LogP contribution in [-0.2, 0) is 0 Å². The molecule has 0 saturated heterocycles. The maximum Gasteiger partial charge on any atom is 0.0641 e. The van der Waals surface area contributed by atoms with E-state index in [1.54, 1.807) is 0 Å². The minimum absolute atomic E-state index is 0.280. The third-order valence-corrected chi connectivity index (χ3v) is 2.21. The monoisotopic (exact) mass is 194 g/mol. The first-order chi connectivity index (χ1) is 6.15. The molecule has 0 bridgehead atoms. The minimum Gasteiger partial charge on any atom is -0.323 e. The Bertz CT molecular complexity index is 341. The average Bonchev–Trinajstić information content (AvgIpc) is 2.09. The maximum atomic E-state index is 8.49. The van der Waals surface area contributed by atoms with Crippen molar-refractivity contribution in [3.8, 4) is 6.07 Å². The normalized spacial score (nSPS) is 12.2. The van der Waals surface area contributed by atoms with Crippen molar-refractivity contribution in [2.24, 2.45) is 5.73 Å². The first-order valence-electron chi connectivity index (χ1n) is 4.03. The van der Waals surface area contributed by atoms with Gasteiger partial charge in [0, 0.05) is 11.1 Å². The molecule has 3 heteroatoms. The highest BCUT2D eigenvalue weighted by Crippen LogP contribution is 2.24. The van der Waals surface area contributed by atoms with Gasteiger partial charge in [0.15, 0.2) is 0 Å². The van der Waals surface area contributed by atoms with E-state index < -0.39 is 0 Å². The second kappa shape index (κ2) is 4.27. The Morgan fingerprint density at radius 1 is 1.62 bits per heavy atom. The van der Waals surface area contributed by atoms with Crippen LogP contribution in [0.1, 0.15) is 23.6 Å². The Morgan fingerprint density at radius 2 is 2.31 bits per heavy atom. The fourth-order valence-electron chi connectivity index (χ4n) is 1.16. The third kappa shape index (κ3) is 2.45. The molecule has 1 aromatic rings. The smallest absolute Gasteiger partial charge is 0.0641 e. The molecule has 0 aromatic heterocycles. The molecule has 0 spiro atoms. The molecule has 0 amide bonds. The number of nitrogens with zero attached hydrogens (tertiary/aromatic N) is 1.